The predicted octanol–water partition coefficient (Wildman–Crippen LogP) is 2.91. The molecule has 0 aromatic heterocycles. The van der Waals surface area contributed by atoms with Crippen LogP contribution in [-0.2, 0) is 0 Å². The second-order valence-electron chi connectivity index (χ2n) is 1.98. The lowest BCUT2D eigenvalue weighted by atomic mass is 10.3. The van der Waals surface area contributed by atoms with Gasteiger partial charge in [-0.3, -0.25) is 0 Å². The molecule has 0 N–H and O–H groups in total. The van der Waals surface area contributed by atoms with Crippen LogP contribution in [0.3, 0.4) is 0 Å². The molecule has 0 radical (unpaired) electrons. The quantitative estimate of drug-likeness (QED) is 0.402. The zero-order valence-electron chi connectivity index (χ0n) is 6.78. The van der Waals surface area contributed by atoms with Crippen LogP contribution in [-0.4, -0.2) is 0 Å². The Balaban J connectivity index is 3.53. The first kappa shape index (κ1) is 9.08. The molecule has 10 heavy (non-hydrogen) atoms. The van der Waals surface area contributed by atoms with Gasteiger partial charge in [0.1, 0.15) is 0 Å². The predicted molar refractivity (Wildman–Crippen MR) is 45.6 cm³/mol. The van der Waals surface area contributed by atoms with Crippen LogP contribution >= 0.6 is 0 Å². The number of unbranched alkanes of at least 4 members (excludes halogenated alkanes) is 1. The molecule has 0 aliphatic carbocycles. The number of hydrogen-bond acceptors (Lipinski definition) is 0. The molecule has 54 valence electrons. The van der Waals surface area contributed by atoms with Gasteiger partial charge in [0.25, 0.3) is 0 Å². The molecule has 0 heteroatoms. The van der Waals surface area contributed by atoms with E-state index in [1.54, 1.807) is 6.08 Å². The summed E-state index contributed by atoms with van der Waals surface area (Å²) in [6, 6.07) is 0. The fourth-order valence-corrected chi connectivity index (χ4v) is 0.481. The number of rotatable bonds is 2. The Bertz CT molecular complexity index is 170. The van der Waals surface area contributed by atoms with E-state index in [-0.39, 0.29) is 0 Å². The fourth-order valence-electron chi connectivity index (χ4n) is 0.481. The monoisotopic (exact) mass is 134 g/mol. The molecule has 0 rings (SSSR count). The van der Waals surface area contributed by atoms with Crippen molar-refractivity contribution in [2.24, 2.45) is 0 Å². The molecule has 0 nitrogen and oxygen atoms in total. The lowest BCUT2D eigenvalue weighted by molar-refractivity contribution is 0.960. The van der Waals surface area contributed by atoms with Gasteiger partial charge in [-0.25, -0.2) is 0 Å². The molecule has 0 heterocycles. The van der Waals surface area contributed by atoms with Crippen molar-refractivity contribution in [2.45, 2.75) is 33.1 Å². The van der Waals surface area contributed by atoms with E-state index in [0.717, 1.165) is 12.8 Å². The molecule has 0 unspecified atom stereocenters. The first-order chi connectivity index (χ1) is 4.91. The average molecular weight is 134 g/mol. The molecular weight excluding hydrogens is 120 g/mol. The van der Waals surface area contributed by atoms with Crippen molar-refractivity contribution >= 4 is 0 Å². The summed E-state index contributed by atoms with van der Waals surface area (Å²) < 4.78 is 0. The Labute approximate surface area is 63.6 Å². The van der Waals surface area contributed by atoms with Crippen LogP contribution in [0, 0.1) is 11.8 Å². The van der Waals surface area contributed by atoms with Crippen molar-refractivity contribution in [1.29, 1.82) is 0 Å². The summed E-state index contributed by atoms with van der Waals surface area (Å²) in [4.78, 5) is 0. The van der Waals surface area contributed by atoms with Gasteiger partial charge >= 0.3 is 0 Å². The summed E-state index contributed by atoms with van der Waals surface area (Å²) in [6.45, 7) is 4.19. The van der Waals surface area contributed by atoms with Gasteiger partial charge in [-0.15, -0.1) is 5.73 Å². The lowest BCUT2D eigenvalue weighted by Gasteiger charge is -1.74. The van der Waals surface area contributed by atoms with Gasteiger partial charge in [0.05, 0.1) is 0 Å². The molecule has 0 atom stereocenters. The summed E-state index contributed by atoms with van der Waals surface area (Å²) >= 11 is 0. The number of allylic oxidation sites excluding steroid dienone is 1. The van der Waals surface area contributed by atoms with Gasteiger partial charge in [0.2, 0.25) is 0 Å². The van der Waals surface area contributed by atoms with Crippen molar-refractivity contribution < 1.29 is 0 Å². The molecule has 0 aliphatic rings. The normalized spacial score (nSPS) is 7.00. The van der Waals surface area contributed by atoms with Gasteiger partial charge < -0.3 is 0 Å². The second kappa shape index (κ2) is 8.08. The van der Waals surface area contributed by atoms with Crippen LogP contribution < -0.4 is 0 Å². The maximum Gasteiger partial charge on any atom is 0.0298 e. The third kappa shape index (κ3) is 7.08. The van der Waals surface area contributed by atoms with Crippen LogP contribution in [0.4, 0.5) is 0 Å². The zero-order chi connectivity index (χ0) is 7.66. The smallest absolute Gasteiger partial charge is 0.0298 e. The van der Waals surface area contributed by atoms with E-state index < -0.39 is 0 Å². The van der Waals surface area contributed by atoms with Crippen LogP contribution in [0.2, 0.25) is 0 Å². The fraction of sp³-hybridized carbons (Fsp3) is 0.500. The summed E-state index contributed by atoms with van der Waals surface area (Å²) in [5.41, 5.74) is 3.00. The highest BCUT2D eigenvalue weighted by Crippen LogP contribution is 1.84. The van der Waals surface area contributed by atoms with Crippen molar-refractivity contribution in [3.8, 4) is 11.8 Å². The maximum absolute atomic E-state index is 3.00. The van der Waals surface area contributed by atoms with E-state index in [2.05, 4.69) is 24.5 Å². The summed E-state index contributed by atoms with van der Waals surface area (Å²) in [7, 11) is 0. The molecule has 0 bridgehead atoms. The Hall–Kier alpha value is -0.920. The van der Waals surface area contributed by atoms with Crippen LogP contribution in [0.15, 0.2) is 17.9 Å². The Kier molecular flexibility index (Phi) is 7.34. The van der Waals surface area contributed by atoms with Gasteiger partial charge in [0.15, 0.2) is 0 Å². The average Bonchev–Trinajstić information content (AvgIpc) is 1.97. The Morgan fingerprint density at radius 3 is 2.70 bits per heavy atom. The topological polar surface area (TPSA) is 0 Å². The summed E-state index contributed by atoms with van der Waals surface area (Å²) in [5, 5.41) is 0. The van der Waals surface area contributed by atoms with E-state index in [1.165, 1.54) is 6.42 Å². The van der Waals surface area contributed by atoms with Crippen molar-refractivity contribution in [1.82, 2.24) is 0 Å². The largest absolute Gasteiger partial charge is 0.116 e. The van der Waals surface area contributed by atoms with Crippen molar-refractivity contribution in [3.05, 3.63) is 17.9 Å². The molecule has 0 aliphatic heterocycles. The highest BCUT2D eigenvalue weighted by atomic mass is 13.7. The summed E-state index contributed by atoms with van der Waals surface area (Å²) in [5.74, 6) is 5.81. The zero-order valence-corrected chi connectivity index (χ0v) is 6.78. The molecule has 0 saturated heterocycles. The first-order valence-electron chi connectivity index (χ1n) is 3.79. The first-order valence-corrected chi connectivity index (χ1v) is 3.79. The molecule has 0 aromatic carbocycles. The van der Waals surface area contributed by atoms with Crippen molar-refractivity contribution in [2.75, 3.05) is 0 Å². The molecule has 0 amide bonds. The minimum Gasteiger partial charge on any atom is -0.116 e. The minimum atomic E-state index is 0.923. The highest BCUT2D eigenvalue weighted by Gasteiger charge is 1.66. The van der Waals surface area contributed by atoms with E-state index in [9.17, 15) is 0 Å². The van der Waals surface area contributed by atoms with Gasteiger partial charge in [-0.2, -0.15) is 0 Å². The summed E-state index contributed by atoms with van der Waals surface area (Å²) in [6.07, 6.45) is 7.00. The third-order valence-electron chi connectivity index (χ3n) is 0.985. The third-order valence-corrected chi connectivity index (χ3v) is 0.985. The Morgan fingerprint density at radius 2 is 2.10 bits per heavy atom. The number of hydrogen-bond donors (Lipinski definition) is 0. The minimum absolute atomic E-state index is 0.923. The molecular formula is C10H14. The van der Waals surface area contributed by atoms with E-state index >= 15 is 0 Å². The van der Waals surface area contributed by atoms with E-state index in [1.807, 2.05) is 13.0 Å². The van der Waals surface area contributed by atoms with E-state index in [4.69, 9.17) is 0 Å². The van der Waals surface area contributed by atoms with Crippen molar-refractivity contribution in [3.63, 3.8) is 0 Å². The molecule has 0 fully saturated rings. The van der Waals surface area contributed by atoms with Crippen LogP contribution in [0.25, 0.3) is 0 Å². The SMILES string of the molecule is CCC#CC=C=CCCC. The molecule has 0 spiro atoms. The Morgan fingerprint density at radius 1 is 1.30 bits per heavy atom. The standard InChI is InChI=1S/C10H14/c1-3-5-7-9-10-8-6-4-2/h7,10H,3-5H2,1-2H3. The van der Waals surface area contributed by atoms with Gasteiger partial charge in [0, 0.05) is 12.5 Å². The molecule has 0 aromatic rings. The maximum atomic E-state index is 3.00. The van der Waals surface area contributed by atoms with Crippen LogP contribution in [0.5, 0.6) is 0 Å². The van der Waals surface area contributed by atoms with Crippen LogP contribution in [0.1, 0.15) is 33.1 Å². The highest BCUT2D eigenvalue weighted by molar-refractivity contribution is 5.14. The molecule has 0 saturated carbocycles. The van der Waals surface area contributed by atoms with E-state index in [0.29, 0.717) is 0 Å². The van der Waals surface area contributed by atoms with Gasteiger partial charge in [-0.05, 0) is 12.5 Å². The lowest BCUT2D eigenvalue weighted by Crippen LogP contribution is -1.56. The second-order valence-corrected chi connectivity index (χ2v) is 1.98. The van der Waals surface area contributed by atoms with Gasteiger partial charge in [-0.1, -0.05) is 32.1 Å².